The van der Waals surface area contributed by atoms with Crippen molar-refractivity contribution in [3.8, 4) is 11.5 Å². The number of Topliss-reactive ketones (excluding diaryl/α,β-unsaturated/α-hetero) is 1. The molecule has 0 fully saturated rings. The van der Waals surface area contributed by atoms with Gasteiger partial charge in [0.15, 0.2) is 5.78 Å². The summed E-state index contributed by atoms with van der Waals surface area (Å²) in [7, 11) is 1.34. The highest BCUT2D eigenvalue weighted by Crippen LogP contribution is 2.43. The van der Waals surface area contributed by atoms with E-state index < -0.39 is 12.0 Å². The molecule has 0 radical (unpaired) electrons. The van der Waals surface area contributed by atoms with Crippen LogP contribution in [0, 0.1) is 5.92 Å². The molecule has 0 saturated heterocycles. The smallest absolute Gasteiger partial charge is 0.305 e. The van der Waals surface area contributed by atoms with Gasteiger partial charge in [-0.25, -0.2) is 4.98 Å². The van der Waals surface area contributed by atoms with Gasteiger partial charge in [-0.2, -0.15) is 0 Å². The lowest BCUT2D eigenvalue weighted by Crippen LogP contribution is -2.14. The van der Waals surface area contributed by atoms with Crippen LogP contribution in [0.4, 0.5) is 0 Å². The molecule has 9 nitrogen and oxygen atoms in total. The Kier molecular flexibility index (Phi) is 12.1. The number of pyridine rings is 1. The van der Waals surface area contributed by atoms with E-state index in [0.29, 0.717) is 72.4 Å². The third-order valence-corrected chi connectivity index (χ3v) is 8.06. The quantitative estimate of drug-likeness (QED) is 0.136. The lowest BCUT2D eigenvalue weighted by molar-refractivity contribution is -0.145. The van der Waals surface area contributed by atoms with Crippen molar-refractivity contribution < 1.29 is 38.4 Å². The number of esters is 2. The summed E-state index contributed by atoms with van der Waals surface area (Å²) in [6, 6.07) is 14.2. The zero-order valence-corrected chi connectivity index (χ0v) is 25.9. The number of aliphatic hydroxyl groups excluding tert-OH is 1. The first-order valence-electron chi connectivity index (χ1n) is 15.6. The van der Waals surface area contributed by atoms with Crippen molar-refractivity contribution in [1.82, 2.24) is 4.98 Å². The zero-order valence-electron chi connectivity index (χ0n) is 25.9. The minimum absolute atomic E-state index is 0.218. The van der Waals surface area contributed by atoms with Crippen LogP contribution in [-0.2, 0) is 19.1 Å². The van der Waals surface area contributed by atoms with Crippen LogP contribution in [0.2, 0.25) is 0 Å². The van der Waals surface area contributed by atoms with Crippen molar-refractivity contribution in [3.05, 3.63) is 65.4 Å². The van der Waals surface area contributed by atoms with Crippen LogP contribution in [0.15, 0.2) is 48.5 Å². The van der Waals surface area contributed by atoms with E-state index in [0.717, 1.165) is 31.1 Å². The number of hydrogen-bond donors (Lipinski definition) is 1. The number of rotatable bonds is 17. The Morgan fingerprint density at radius 2 is 1.73 bits per heavy atom. The standard InChI is InChI=1S/C35H43NO8/c1-4-6-10-23(5-2)22-44-31(38)14-9-20-43-29-12-7-11-24-15-18-28(36-33(24)29)32-34(39)26-17-16-25(21-27(26)35(32)40)42-19-8-13-30(37)41-3/h7,11-12,15-18,21,23,32,34,39H,4-6,8-10,13-14,19-20,22H2,1-3H3. The Labute approximate surface area is 258 Å². The number of ether oxygens (including phenoxy) is 4. The van der Waals surface area contributed by atoms with E-state index in [2.05, 4.69) is 18.6 Å². The monoisotopic (exact) mass is 605 g/mol. The predicted octanol–water partition coefficient (Wildman–Crippen LogP) is 6.50. The number of carbonyl (C=O) groups is 3. The van der Waals surface area contributed by atoms with Gasteiger partial charge < -0.3 is 24.1 Å². The van der Waals surface area contributed by atoms with E-state index in [9.17, 15) is 19.5 Å². The van der Waals surface area contributed by atoms with Crippen molar-refractivity contribution in [3.63, 3.8) is 0 Å². The van der Waals surface area contributed by atoms with Crippen LogP contribution in [0.3, 0.4) is 0 Å². The molecule has 1 aliphatic carbocycles. The summed E-state index contributed by atoms with van der Waals surface area (Å²) >= 11 is 0. The van der Waals surface area contributed by atoms with Gasteiger partial charge in [-0.1, -0.05) is 57.4 Å². The first-order valence-corrected chi connectivity index (χ1v) is 15.6. The summed E-state index contributed by atoms with van der Waals surface area (Å²) in [5.41, 5.74) is 1.94. The highest BCUT2D eigenvalue weighted by atomic mass is 16.5. The number of benzene rings is 2. The molecule has 1 heterocycles. The van der Waals surface area contributed by atoms with E-state index in [1.165, 1.54) is 7.11 Å². The molecule has 1 aliphatic rings. The first kappa shape index (κ1) is 32.9. The Morgan fingerprint density at radius 3 is 2.48 bits per heavy atom. The van der Waals surface area contributed by atoms with Crippen molar-refractivity contribution in [1.29, 1.82) is 0 Å². The van der Waals surface area contributed by atoms with Crippen molar-refractivity contribution >= 4 is 28.6 Å². The van der Waals surface area contributed by atoms with E-state index in [1.54, 1.807) is 24.3 Å². The molecule has 0 aliphatic heterocycles. The molecule has 9 heteroatoms. The molecule has 3 unspecified atom stereocenters. The van der Waals surface area contributed by atoms with Crippen molar-refractivity contribution in [2.45, 2.75) is 77.2 Å². The van der Waals surface area contributed by atoms with Crippen LogP contribution in [0.25, 0.3) is 10.9 Å². The van der Waals surface area contributed by atoms with Gasteiger partial charge in [-0.3, -0.25) is 14.4 Å². The van der Waals surface area contributed by atoms with Crippen LogP contribution in [0.1, 0.15) is 98.9 Å². The van der Waals surface area contributed by atoms with Crippen LogP contribution < -0.4 is 9.47 Å². The summed E-state index contributed by atoms with van der Waals surface area (Å²) in [6.45, 7) is 5.35. The fourth-order valence-electron chi connectivity index (χ4n) is 5.40. The SMILES string of the molecule is CCCCC(CC)COC(=O)CCCOc1cccc2ccc(C3C(=O)c4cc(OCCCC(=O)OC)ccc4C3O)nc12. The topological polar surface area (TPSA) is 121 Å². The molecule has 0 amide bonds. The maximum Gasteiger partial charge on any atom is 0.305 e. The normalized spacial score (nSPS) is 16.4. The van der Waals surface area contributed by atoms with Gasteiger partial charge in [0.1, 0.15) is 17.0 Å². The molecule has 3 aromatic rings. The number of nitrogens with zero attached hydrogens (tertiary/aromatic N) is 1. The molecular weight excluding hydrogens is 562 g/mol. The van der Waals surface area contributed by atoms with Gasteiger partial charge in [0.2, 0.25) is 0 Å². The predicted molar refractivity (Wildman–Crippen MR) is 166 cm³/mol. The summed E-state index contributed by atoms with van der Waals surface area (Å²) in [5.74, 6) is -0.189. The Hall–Kier alpha value is -3.98. The van der Waals surface area contributed by atoms with Gasteiger partial charge in [-0.05, 0) is 55.0 Å². The number of ketones is 1. The molecule has 236 valence electrons. The average molecular weight is 606 g/mol. The molecule has 0 spiro atoms. The maximum atomic E-state index is 13.5. The summed E-state index contributed by atoms with van der Waals surface area (Å²) < 4.78 is 21.9. The van der Waals surface area contributed by atoms with E-state index in [4.69, 9.17) is 19.2 Å². The van der Waals surface area contributed by atoms with Gasteiger partial charge >= 0.3 is 11.9 Å². The lowest BCUT2D eigenvalue weighted by Gasteiger charge is -2.15. The average Bonchev–Trinajstić information content (AvgIpc) is 3.29. The fraction of sp³-hybridized carbons (Fsp3) is 0.486. The molecule has 3 atom stereocenters. The number of carbonyl (C=O) groups excluding carboxylic acids is 3. The molecule has 2 aromatic carbocycles. The highest BCUT2D eigenvalue weighted by Gasteiger charge is 2.41. The van der Waals surface area contributed by atoms with Gasteiger partial charge in [0.25, 0.3) is 0 Å². The second-order valence-corrected chi connectivity index (χ2v) is 11.2. The molecule has 44 heavy (non-hydrogen) atoms. The Morgan fingerprint density at radius 1 is 0.955 bits per heavy atom. The number of hydrogen-bond acceptors (Lipinski definition) is 9. The van der Waals surface area contributed by atoms with E-state index in [-0.39, 0.29) is 30.6 Å². The first-order chi connectivity index (χ1) is 21.4. The summed E-state index contributed by atoms with van der Waals surface area (Å²) in [6.07, 6.45) is 4.79. The minimum Gasteiger partial charge on any atom is -0.494 e. The second-order valence-electron chi connectivity index (χ2n) is 11.2. The highest BCUT2D eigenvalue weighted by molar-refractivity contribution is 6.06. The number of aliphatic hydroxyl groups is 1. The number of para-hydroxylation sites is 1. The van der Waals surface area contributed by atoms with Gasteiger partial charge in [-0.15, -0.1) is 0 Å². The molecule has 1 aromatic heterocycles. The third kappa shape index (κ3) is 8.34. The van der Waals surface area contributed by atoms with Gasteiger partial charge in [0.05, 0.1) is 44.6 Å². The fourth-order valence-corrected chi connectivity index (χ4v) is 5.40. The van der Waals surface area contributed by atoms with Crippen LogP contribution in [0.5, 0.6) is 11.5 Å². The molecular formula is C35H43NO8. The number of aromatic nitrogens is 1. The van der Waals surface area contributed by atoms with Crippen LogP contribution in [-0.4, -0.2) is 54.7 Å². The molecule has 0 bridgehead atoms. The zero-order chi connectivity index (χ0) is 31.5. The molecule has 4 rings (SSSR count). The second kappa shape index (κ2) is 16.2. The van der Waals surface area contributed by atoms with E-state index in [1.807, 2.05) is 24.3 Å². The number of methoxy groups -OCH3 is 1. The van der Waals surface area contributed by atoms with Crippen molar-refractivity contribution in [2.75, 3.05) is 26.9 Å². The van der Waals surface area contributed by atoms with Crippen LogP contribution >= 0.6 is 0 Å². The van der Waals surface area contributed by atoms with E-state index >= 15 is 0 Å². The van der Waals surface area contributed by atoms with Gasteiger partial charge in [0, 0.05) is 23.8 Å². The Balaban J connectivity index is 1.37. The molecule has 0 saturated carbocycles. The summed E-state index contributed by atoms with van der Waals surface area (Å²) in [5, 5.41) is 12.0. The Bertz CT molecular complexity index is 1440. The minimum atomic E-state index is -1.05. The lowest BCUT2D eigenvalue weighted by atomic mass is 9.97. The third-order valence-electron chi connectivity index (χ3n) is 8.06. The van der Waals surface area contributed by atoms with Crippen molar-refractivity contribution in [2.24, 2.45) is 5.92 Å². The summed E-state index contributed by atoms with van der Waals surface area (Å²) in [4.78, 5) is 41.8. The largest absolute Gasteiger partial charge is 0.494 e. The number of fused-ring (bicyclic) bond motifs is 2. The molecule has 1 N–H and O–H groups in total. The maximum absolute atomic E-state index is 13.5. The number of unbranched alkanes of at least 4 members (excludes halogenated alkanes) is 1.